The number of amides is 2. The summed E-state index contributed by atoms with van der Waals surface area (Å²) >= 11 is 0. The van der Waals surface area contributed by atoms with Crippen molar-refractivity contribution in [3.05, 3.63) is 130 Å². The quantitative estimate of drug-likeness (QED) is 0.107. The van der Waals surface area contributed by atoms with E-state index >= 15 is 0 Å². The van der Waals surface area contributed by atoms with Gasteiger partial charge in [0.25, 0.3) is 11.8 Å². The van der Waals surface area contributed by atoms with Crippen LogP contribution in [0.4, 0.5) is 5.69 Å². The second-order valence-corrected chi connectivity index (χ2v) is 14.2. The Kier molecular flexibility index (Phi) is 13.0. The van der Waals surface area contributed by atoms with Crippen molar-refractivity contribution in [2.75, 3.05) is 24.1 Å². The molecule has 0 saturated heterocycles. The van der Waals surface area contributed by atoms with E-state index in [0.29, 0.717) is 12.2 Å². The topological polar surface area (TPSA) is 146 Å². The van der Waals surface area contributed by atoms with Gasteiger partial charge in [0.1, 0.15) is 5.75 Å². The number of methoxy groups -OCH3 is 1. The molecule has 0 bridgehead atoms. The van der Waals surface area contributed by atoms with Crippen molar-refractivity contribution in [3.8, 4) is 5.75 Å². The summed E-state index contributed by atoms with van der Waals surface area (Å²) in [5.41, 5.74) is 4.19. The van der Waals surface area contributed by atoms with Crippen molar-refractivity contribution in [2.45, 2.75) is 58.3 Å². The second-order valence-electron chi connectivity index (χ2n) is 12.2. The Morgan fingerprint density at radius 3 is 1.96 bits per heavy atom. The van der Waals surface area contributed by atoms with Crippen molar-refractivity contribution in [1.29, 1.82) is 0 Å². The van der Waals surface area contributed by atoms with Gasteiger partial charge < -0.3 is 25.8 Å². The van der Waals surface area contributed by atoms with E-state index in [0.717, 1.165) is 22.3 Å². The lowest BCUT2D eigenvalue weighted by Gasteiger charge is -2.26. The highest BCUT2D eigenvalue weighted by Crippen LogP contribution is 2.21. The van der Waals surface area contributed by atoms with Crippen LogP contribution in [-0.2, 0) is 16.4 Å². The fourth-order valence-corrected chi connectivity index (χ4v) is 5.89. The van der Waals surface area contributed by atoms with Crippen LogP contribution in [0.25, 0.3) is 0 Å². The molecule has 10 nitrogen and oxygen atoms in total. The van der Waals surface area contributed by atoms with Gasteiger partial charge in [0.05, 0.1) is 36.7 Å². The number of anilines is 1. The van der Waals surface area contributed by atoms with Crippen LogP contribution in [0.3, 0.4) is 0 Å². The maximum Gasteiger partial charge on any atom is 0.251 e. The summed E-state index contributed by atoms with van der Waals surface area (Å²) < 4.78 is 32.7. The van der Waals surface area contributed by atoms with Gasteiger partial charge in [-0.1, -0.05) is 72.3 Å². The number of hydrogen-bond acceptors (Lipinski definition) is 7. The Bertz CT molecular complexity index is 1800. The van der Waals surface area contributed by atoms with Crippen LogP contribution in [-0.4, -0.2) is 56.9 Å². The number of benzene rings is 4. The Balaban J connectivity index is 1.58. The normalized spacial score (nSPS) is 13.8. The van der Waals surface area contributed by atoms with Gasteiger partial charge in [-0.3, -0.25) is 14.3 Å². The molecule has 4 aromatic carbocycles. The lowest BCUT2D eigenvalue weighted by Crippen LogP contribution is -2.49. The monoisotopic (exact) mass is 686 g/mol. The third kappa shape index (κ3) is 10.9. The highest BCUT2D eigenvalue weighted by molar-refractivity contribution is 7.92. The van der Waals surface area contributed by atoms with Gasteiger partial charge in [0, 0.05) is 23.7 Å². The molecular formula is C38H46N4O6S. The number of nitrogens with one attached hydrogen (secondary N) is 4. The van der Waals surface area contributed by atoms with Crippen LogP contribution in [0.1, 0.15) is 75.8 Å². The van der Waals surface area contributed by atoms with E-state index in [1.54, 1.807) is 19.2 Å². The molecule has 4 rings (SSSR count). The molecule has 0 aliphatic rings. The molecule has 4 aromatic rings. The van der Waals surface area contributed by atoms with Gasteiger partial charge in [-0.05, 0) is 81.1 Å². The molecule has 11 heteroatoms. The van der Waals surface area contributed by atoms with Gasteiger partial charge in [0.15, 0.2) is 0 Å². The van der Waals surface area contributed by atoms with E-state index in [4.69, 9.17) is 4.74 Å². The molecule has 49 heavy (non-hydrogen) atoms. The summed E-state index contributed by atoms with van der Waals surface area (Å²) in [5, 5.41) is 20.6. The van der Waals surface area contributed by atoms with Crippen LogP contribution in [0.2, 0.25) is 0 Å². The summed E-state index contributed by atoms with van der Waals surface area (Å²) in [6.45, 7) is 7.54. The first-order valence-electron chi connectivity index (χ1n) is 16.3. The Morgan fingerprint density at radius 2 is 1.37 bits per heavy atom. The molecular weight excluding hydrogens is 641 g/mol. The van der Waals surface area contributed by atoms with Crippen LogP contribution >= 0.6 is 0 Å². The molecule has 0 heterocycles. The summed E-state index contributed by atoms with van der Waals surface area (Å²) in [4.78, 5) is 27.3. The molecule has 5 N–H and O–H groups in total. The third-order valence-corrected chi connectivity index (χ3v) is 9.67. The SMILES string of the molecule is CCS(=O)(=O)Nc1cc(C(=O)N[C@@H](Cc2ccccc2)[C@H](O)CN[C@H](C)c2ccc(C)cc2)cc(C(=O)N[C@H](C)c2ccc(OC)cc2)c1. The van der Waals surface area contributed by atoms with Crippen molar-refractivity contribution < 1.29 is 27.9 Å². The highest BCUT2D eigenvalue weighted by Gasteiger charge is 2.25. The zero-order valence-corrected chi connectivity index (χ0v) is 29.4. The molecule has 0 radical (unpaired) electrons. The lowest BCUT2D eigenvalue weighted by atomic mass is 9.99. The van der Waals surface area contributed by atoms with E-state index in [-0.39, 0.29) is 35.2 Å². The van der Waals surface area contributed by atoms with Crippen LogP contribution in [0, 0.1) is 6.92 Å². The largest absolute Gasteiger partial charge is 0.497 e. The molecule has 4 atom stereocenters. The minimum atomic E-state index is -3.72. The van der Waals surface area contributed by atoms with Crippen molar-refractivity contribution >= 4 is 27.5 Å². The maximum atomic E-state index is 13.8. The van der Waals surface area contributed by atoms with Crippen molar-refractivity contribution in [1.82, 2.24) is 16.0 Å². The van der Waals surface area contributed by atoms with Crippen molar-refractivity contribution in [3.63, 3.8) is 0 Å². The Morgan fingerprint density at radius 1 is 0.796 bits per heavy atom. The van der Waals surface area contributed by atoms with Gasteiger partial charge in [-0.2, -0.15) is 0 Å². The van der Waals surface area contributed by atoms with Crippen LogP contribution in [0.5, 0.6) is 5.75 Å². The van der Waals surface area contributed by atoms with Gasteiger partial charge in [-0.15, -0.1) is 0 Å². The number of rotatable bonds is 16. The minimum absolute atomic E-state index is 0.0482. The molecule has 260 valence electrons. The number of aryl methyl sites for hydroxylation is 1. The summed E-state index contributed by atoms with van der Waals surface area (Å²) in [7, 11) is -2.15. The average molecular weight is 687 g/mol. The van der Waals surface area contributed by atoms with E-state index in [9.17, 15) is 23.1 Å². The Hall–Kier alpha value is -4.71. The number of carbonyl (C=O) groups excluding carboxylic acids is 2. The summed E-state index contributed by atoms with van der Waals surface area (Å²) in [6, 6.07) is 27.9. The molecule has 0 unspecified atom stereocenters. The van der Waals surface area contributed by atoms with Gasteiger partial charge >= 0.3 is 0 Å². The van der Waals surface area contributed by atoms with Crippen molar-refractivity contribution in [2.24, 2.45) is 0 Å². The van der Waals surface area contributed by atoms with E-state index < -0.39 is 40.0 Å². The van der Waals surface area contributed by atoms with Gasteiger partial charge in [-0.25, -0.2) is 8.42 Å². The number of carbonyl (C=O) groups is 2. The standard InChI is InChI=1S/C38H46N4O6S/c1-6-49(46,47)42-33-22-31(37(44)40-27(4)30-16-18-34(48-5)19-17-30)21-32(23-33)38(45)41-35(20-28-10-8-7-9-11-28)36(43)24-39-26(3)29-14-12-25(2)13-15-29/h7-19,21-23,26-27,35-36,39,42-43H,6,20,24H2,1-5H3,(H,40,44)(H,41,45)/t26-,27-,35+,36-/m1/s1. The number of ether oxygens (including phenoxy) is 1. The van der Waals surface area contributed by atoms with E-state index in [2.05, 4.69) is 20.7 Å². The first-order chi connectivity index (χ1) is 23.4. The molecule has 0 aromatic heterocycles. The van der Waals surface area contributed by atoms with E-state index in [1.807, 2.05) is 87.5 Å². The molecule has 0 aliphatic heterocycles. The summed E-state index contributed by atoms with van der Waals surface area (Å²) in [5.74, 6) is -0.578. The molecule has 0 aliphatic carbocycles. The first kappa shape index (κ1) is 37.1. The maximum absolute atomic E-state index is 13.8. The molecule has 2 amide bonds. The molecule has 0 spiro atoms. The minimum Gasteiger partial charge on any atom is -0.497 e. The predicted octanol–water partition coefficient (Wildman–Crippen LogP) is 5.31. The number of sulfonamides is 1. The number of hydrogen-bond donors (Lipinski definition) is 5. The summed E-state index contributed by atoms with van der Waals surface area (Å²) in [6.07, 6.45) is -0.643. The van der Waals surface area contributed by atoms with Gasteiger partial charge in [0.2, 0.25) is 10.0 Å². The van der Waals surface area contributed by atoms with Crippen LogP contribution < -0.4 is 25.4 Å². The zero-order chi connectivity index (χ0) is 35.6. The van der Waals surface area contributed by atoms with Crippen LogP contribution in [0.15, 0.2) is 97.1 Å². The molecule has 0 fully saturated rings. The third-order valence-electron chi connectivity index (χ3n) is 8.36. The number of aliphatic hydroxyl groups excluding tert-OH is 1. The predicted molar refractivity (Wildman–Crippen MR) is 193 cm³/mol. The highest BCUT2D eigenvalue weighted by atomic mass is 32.2. The smallest absolute Gasteiger partial charge is 0.251 e. The second kappa shape index (κ2) is 17.1. The number of aliphatic hydroxyl groups is 1. The Labute approximate surface area is 289 Å². The fraction of sp³-hybridized carbons (Fsp3) is 0.316. The zero-order valence-electron chi connectivity index (χ0n) is 28.6. The lowest BCUT2D eigenvalue weighted by molar-refractivity contribution is 0.0825. The first-order valence-corrected chi connectivity index (χ1v) is 18.0. The molecule has 0 saturated carbocycles. The fourth-order valence-electron chi connectivity index (χ4n) is 5.27. The van der Waals surface area contributed by atoms with E-state index in [1.165, 1.54) is 25.1 Å². The average Bonchev–Trinajstić information content (AvgIpc) is 3.10.